The third-order valence-electron chi connectivity index (χ3n) is 18.4. The summed E-state index contributed by atoms with van der Waals surface area (Å²) in [5.41, 5.74) is 1.70. The molecule has 2 aliphatic rings. The molecule has 1 unspecified atom stereocenters. The van der Waals surface area contributed by atoms with E-state index in [1.54, 1.807) is 113 Å². The van der Waals surface area contributed by atoms with Crippen LogP contribution in [0.25, 0.3) is 22.3 Å². The number of methoxy groups -OCH3 is 4. The minimum absolute atomic E-state index is 0.0443. The molecule has 4 aromatic heterocycles. The largest absolute Gasteiger partial charge is 0.497 e. The van der Waals surface area contributed by atoms with Crippen LogP contribution in [0.3, 0.4) is 0 Å². The van der Waals surface area contributed by atoms with Crippen LogP contribution in [0.5, 0.6) is 23.0 Å². The first kappa shape index (κ1) is 71.5. The summed E-state index contributed by atoms with van der Waals surface area (Å²) in [6.07, 6.45) is -8.49. The van der Waals surface area contributed by atoms with Crippen molar-refractivity contribution < 1.29 is 69.8 Å². The average molecular weight is 1450 g/mol. The molecule has 2 N–H and O–H groups in total. The van der Waals surface area contributed by atoms with Crippen molar-refractivity contribution in [2.24, 2.45) is 0 Å². The topological polar surface area (TPSA) is 271 Å². The molecule has 12 aromatic rings. The molecule has 2 amide bonds. The summed E-state index contributed by atoms with van der Waals surface area (Å²) in [6.45, 7) is -1.25. The average Bonchev–Trinajstić information content (AvgIpc) is 1.48. The molecule has 2 aliphatic heterocycles. The van der Waals surface area contributed by atoms with Gasteiger partial charge in [-0.2, -0.15) is 5.26 Å². The molecule has 0 spiro atoms. The summed E-state index contributed by atoms with van der Waals surface area (Å²) >= 11 is 0. The number of halogens is 2. The zero-order valence-electron chi connectivity index (χ0n) is 57.6. The number of aromatic nitrogens is 8. The predicted molar refractivity (Wildman–Crippen MR) is 386 cm³/mol. The number of amides is 2. The Morgan fingerprint density at radius 1 is 0.481 bits per heavy atom. The number of rotatable bonds is 29. The fourth-order valence-electron chi connectivity index (χ4n) is 13.2. The van der Waals surface area contributed by atoms with Gasteiger partial charge < -0.3 is 62.1 Å². The number of ether oxygens (including phenoxy) is 8. The molecule has 6 heterocycles. The first-order chi connectivity index (χ1) is 51.9. The Bertz CT molecular complexity index is 4910. The summed E-state index contributed by atoms with van der Waals surface area (Å²) in [5, 5.41) is 15.7. The minimum atomic E-state index is -2.83. The van der Waals surface area contributed by atoms with Crippen molar-refractivity contribution in [3.63, 3.8) is 0 Å². The van der Waals surface area contributed by atoms with Crippen molar-refractivity contribution in [3.05, 3.63) is 288 Å². The molecular weight excluding hydrogens is 1380 g/mol. The molecule has 0 aliphatic carbocycles. The maximum Gasteiger partial charge on any atom is 0.333 e. The fourth-order valence-corrected chi connectivity index (χ4v) is 14.3. The van der Waals surface area contributed by atoms with Crippen LogP contribution >= 0.6 is 8.60 Å². The molecule has 2 fully saturated rings. The van der Waals surface area contributed by atoms with Crippen molar-refractivity contribution in [2.75, 3.05) is 58.9 Å². The highest BCUT2D eigenvalue weighted by Gasteiger charge is 2.55. The zero-order valence-corrected chi connectivity index (χ0v) is 58.5. The number of anilines is 2. The maximum absolute atomic E-state index is 19.0. The highest BCUT2D eigenvalue weighted by Crippen LogP contribution is 2.52. The number of carbonyl (C=O) groups is 2. The molecule has 0 saturated carbocycles. The SMILES string of the molecule is COc1ccc(C(OC[C@H]2O[C@@H](n3cnc4c(NC(=O)c5ccccc5)ncnc43)[C@H](F)[C@@H]2OP(OCCC#N)OC[C@H]2O[C@@H](n3cnc4c(NC(=O)c5ccccc5)ncnc43)[C@H](F)[C@@H]2OC(c2ccccc2)(c2ccc(OC)cc2)c2ccc(OC)cc2)(c2ccccc2)c2ccc(OC)cc2)cc1. The van der Waals surface area contributed by atoms with Crippen LogP contribution in [0.4, 0.5) is 20.4 Å². The van der Waals surface area contributed by atoms with Gasteiger partial charge in [0.15, 0.2) is 58.8 Å². The van der Waals surface area contributed by atoms with Gasteiger partial charge in [0, 0.05) is 11.1 Å². The number of alkyl halides is 2. The summed E-state index contributed by atoms with van der Waals surface area (Å²) in [5.74, 6) is 1.37. The van der Waals surface area contributed by atoms with E-state index in [1.807, 2.05) is 133 Å². The van der Waals surface area contributed by atoms with E-state index in [4.69, 9.17) is 51.5 Å². The van der Waals surface area contributed by atoms with Gasteiger partial charge in [-0.25, -0.2) is 38.7 Å². The first-order valence-electron chi connectivity index (χ1n) is 33.7. The van der Waals surface area contributed by atoms with Crippen molar-refractivity contribution in [3.8, 4) is 29.1 Å². The molecule has 106 heavy (non-hydrogen) atoms. The zero-order chi connectivity index (χ0) is 73.2. The molecule has 0 radical (unpaired) electrons. The number of hydrogen-bond donors (Lipinski definition) is 2. The summed E-state index contributed by atoms with van der Waals surface area (Å²) < 4.78 is 112. The summed E-state index contributed by atoms with van der Waals surface area (Å²) in [4.78, 5) is 54.2. The van der Waals surface area contributed by atoms with Gasteiger partial charge >= 0.3 is 8.60 Å². The monoisotopic (exact) mass is 1450 g/mol. The Morgan fingerprint density at radius 3 is 1.27 bits per heavy atom. The van der Waals surface area contributed by atoms with Crippen molar-refractivity contribution in [1.29, 1.82) is 5.26 Å². The Labute approximate surface area is 608 Å². The van der Waals surface area contributed by atoms with Crippen LogP contribution in [-0.4, -0.2) is 136 Å². The molecule has 2 saturated heterocycles. The van der Waals surface area contributed by atoms with E-state index in [0.717, 1.165) is 0 Å². The second kappa shape index (κ2) is 32.3. The molecular formula is C79H70F2N11O13P. The van der Waals surface area contributed by atoms with Gasteiger partial charge in [0.1, 0.15) is 71.3 Å². The molecule has 14 rings (SSSR count). The van der Waals surface area contributed by atoms with E-state index in [0.29, 0.717) is 67.5 Å². The number of fused-ring (bicyclic) bond motifs is 2. The van der Waals surface area contributed by atoms with E-state index in [1.165, 1.54) is 34.4 Å². The number of hydrogen-bond acceptors (Lipinski definition) is 20. The predicted octanol–water partition coefficient (Wildman–Crippen LogP) is 13.6. The van der Waals surface area contributed by atoms with Crippen molar-refractivity contribution >= 4 is 54.4 Å². The van der Waals surface area contributed by atoms with E-state index in [9.17, 15) is 14.9 Å². The van der Waals surface area contributed by atoms with Gasteiger partial charge in [0.25, 0.3) is 11.8 Å². The first-order valence-corrected chi connectivity index (χ1v) is 34.8. The highest BCUT2D eigenvalue weighted by atomic mass is 31.2. The molecule has 538 valence electrons. The highest BCUT2D eigenvalue weighted by molar-refractivity contribution is 7.41. The molecule has 24 nitrogen and oxygen atoms in total. The van der Waals surface area contributed by atoms with Crippen LogP contribution in [0.15, 0.2) is 244 Å². The molecule has 27 heteroatoms. The maximum atomic E-state index is 19.0. The standard InChI is InChI=1S/C79H70F2N11O13P/c1-95-58-34-26-54(27-35-58)78(52-22-13-7-14-23-52,55-28-36-59(96-2)37-29-55)99-44-62-69(65(81)77(102-62)92-49-88-67-71(84-47-86-73(67)92)90-75(94)51-20-11-6-12-21-51)105-106(100-43-17-42-82)101-45-63-68(64(80)76(103-63)91-48-87-66-70(83-46-85-72(66)91)89-74(93)50-18-9-5-10-19-50)104-79(53-24-15-8-16-25-53,56-30-38-60(97-3)39-31-56)57-32-40-61(98-4)41-33-57/h5-16,18-41,46-49,62-65,68-69,76-77H,17,43-45H2,1-4H3,(H,83,85,89,93)(H,84,86,90,94)/t62-,63-,64-,65-,68-,69-,76-,77-,106?/m1/s1. The Balaban J connectivity index is 0.860. The lowest BCUT2D eigenvalue weighted by atomic mass is 9.79. The van der Waals surface area contributed by atoms with Gasteiger partial charge in [-0.1, -0.05) is 146 Å². The number of imidazole rings is 2. The van der Waals surface area contributed by atoms with Crippen LogP contribution in [-0.2, 0) is 43.7 Å². The van der Waals surface area contributed by atoms with Crippen molar-refractivity contribution in [2.45, 2.75) is 66.8 Å². The van der Waals surface area contributed by atoms with E-state index in [2.05, 4.69) is 46.6 Å². The number of nitrogens with zero attached hydrogens (tertiary/aromatic N) is 9. The number of carbonyl (C=O) groups excluding carboxylic acids is 2. The van der Waals surface area contributed by atoms with Crippen LogP contribution in [0.1, 0.15) is 73.0 Å². The number of nitrogens with one attached hydrogen (secondary N) is 2. The quantitative estimate of drug-likeness (QED) is 0.0250. The Morgan fingerprint density at radius 2 is 0.858 bits per heavy atom. The minimum Gasteiger partial charge on any atom is -0.497 e. The number of benzene rings is 8. The fraction of sp³-hybridized carbons (Fsp3) is 0.228. The van der Waals surface area contributed by atoms with Gasteiger partial charge in [-0.3, -0.25) is 18.7 Å². The van der Waals surface area contributed by atoms with Crippen LogP contribution in [0, 0.1) is 11.3 Å². The van der Waals surface area contributed by atoms with Gasteiger partial charge in [0.2, 0.25) is 0 Å². The lowest BCUT2D eigenvalue weighted by Crippen LogP contribution is -2.44. The molecule has 9 atom stereocenters. The normalized spacial score (nSPS) is 19.0. The van der Waals surface area contributed by atoms with Crippen LogP contribution in [0.2, 0.25) is 0 Å². The molecule has 0 bridgehead atoms. The molecule has 8 aromatic carbocycles. The lowest BCUT2D eigenvalue weighted by molar-refractivity contribution is -0.105. The van der Waals surface area contributed by atoms with E-state index < -0.39 is 94.0 Å². The van der Waals surface area contributed by atoms with Crippen LogP contribution < -0.4 is 29.6 Å². The summed E-state index contributed by atoms with van der Waals surface area (Å²) in [6, 6.07) is 67.0. The smallest absolute Gasteiger partial charge is 0.333 e. The van der Waals surface area contributed by atoms with Gasteiger partial charge in [-0.15, -0.1) is 0 Å². The van der Waals surface area contributed by atoms with Gasteiger partial charge in [0.05, 0.1) is 73.4 Å². The van der Waals surface area contributed by atoms with Gasteiger partial charge in [-0.05, 0) is 106 Å². The third-order valence-corrected chi connectivity index (χ3v) is 19.6. The Kier molecular flexibility index (Phi) is 21.8. The third kappa shape index (κ3) is 14.5. The summed E-state index contributed by atoms with van der Waals surface area (Å²) in [7, 11) is 3.40. The lowest BCUT2D eigenvalue weighted by Gasteiger charge is -2.39. The Hall–Kier alpha value is -11.5. The second-order valence-corrected chi connectivity index (χ2v) is 25.7. The second-order valence-electron chi connectivity index (χ2n) is 24.5. The van der Waals surface area contributed by atoms with E-state index >= 15 is 8.78 Å². The van der Waals surface area contributed by atoms with Crippen molar-refractivity contribution in [1.82, 2.24) is 39.0 Å². The van der Waals surface area contributed by atoms with E-state index in [-0.39, 0.29) is 47.0 Å². The number of nitriles is 1.